The lowest BCUT2D eigenvalue weighted by Crippen LogP contribution is -2.27. The van der Waals surface area contributed by atoms with Gasteiger partial charge in [-0.05, 0) is 80.6 Å². The van der Waals surface area contributed by atoms with Crippen molar-refractivity contribution in [2.45, 2.75) is 60.0 Å². The van der Waals surface area contributed by atoms with Gasteiger partial charge in [0.1, 0.15) is 5.82 Å². The minimum atomic E-state index is -0.386. The predicted molar refractivity (Wildman–Crippen MR) is 132 cm³/mol. The van der Waals surface area contributed by atoms with Crippen LogP contribution in [-0.4, -0.2) is 21.6 Å². The van der Waals surface area contributed by atoms with Crippen molar-refractivity contribution in [2.75, 3.05) is 5.32 Å². The fourth-order valence-corrected chi connectivity index (χ4v) is 3.91. The third-order valence-electron chi connectivity index (χ3n) is 5.82. The number of hydrogen-bond acceptors (Lipinski definition) is 3. The van der Waals surface area contributed by atoms with Gasteiger partial charge in [0.15, 0.2) is 0 Å². The van der Waals surface area contributed by atoms with Crippen LogP contribution in [0.3, 0.4) is 0 Å². The van der Waals surface area contributed by atoms with Gasteiger partial charge in [-0.2, -0.15) is 5.10 Å². The zero-order valence-corrected chi connectivity index (χ0v) is 20.5. The van der Waals surface area contributed by atoms with Gasteiger partial charge in [-0.15, -0.1) is 0 Å². The molecule has 1 atom stereocenters. The second-order valence-electron chi connectivity index (χ2n) is 9.10. The average Bonchev–Trinajstić information content (AvgIpc) is 3.04. The van der Waals surface area contributed by atoms with Crippen molar-refractivity contribution in [1.82, 2.24) is 15.1 Å². The van der Waals surface area contributed by atoms with E-state index in [2.05, 4.69) is 36.5 Å². The summed E-state index contributed by atoms with van der Waals surface area (Å²) in [7, 11) is 0. The molecule has 1 aromatic heterocycles. The predicted octanol–water partition coefficient (Wildman–Crippen LogP) is 5.36. The molecule has 0 bridgehead atoms. The number of carbonyl (C=O) groups is 2. The molecule has 3 rings (SSSR count). The van der Waals surface area contributed by atoms with Crippen LogP contribution >= 0.6 is 0 Å². The Labute approximate surface area is 200 Å². The third-order valence-corrected chi connectivity index (χ3v) is 5.82. The lowest BCUT2D eigenvalue weighted by Gasteiger charge is -2.15. The molecule has 6 nitrogen and oxygen atoms in total. The third kappa shape index (κ3) is 6.53. The van der Waals surface area contributed by atoms with E-state index in [1.54, 1.807) is 12.1 Å². The topological polar surface area (TPSA) is 76.0 Å². The van der Waals surface area contributed by atoms with Crippen molar-refractivity contribution in [3.8, 4) is 0 Å². The van der Waals surface area contributed by atoms with Gasteiger partial charge in [0.2, 0.25) is 5.91 Å². The Morgan fingerprint density at radius 2 is 1.65 bits per heavy atom. The molecule has 0 aliphatic heterocycles. The first-order chi connectivity index (χ1) is 16.1. The number of rotatable bonds is 9. The molecule has 0 fully saturated rings. The van der Waals surface area contributed by atoms with Crippen LogP contribution < -0.4 is 10.6 Å². The first-order valence-electron chi connectivity index (χ1n) is 11.6. The molecule has 0 aliphatic rings. The molecule has 0 saturated carbocycles. The van der Waals surface area contributed by atoms with Crippen LogP contribution in [0.15, 0.2) is 48.5 Å². The van der Waals surface area contributed by atoms with Gasteiger partial charge in [0.25, 0.3) is 5.91 Å². The van der Waals surface area contributed by atoms with E-state index in [1.807, 2.05) is 30.7 Å². The zero-order chi connectivity index (χ0) is 24.8. The summed E-state index contributed by atoms with van der Waals surface area (Å²) in [6, 6.07) is 12.5. The first-order valence-corrected chi connectivity index (χ1v) is 11.6. The molecule has 2 N–H and O–H groups in total. The number of anilines is 1. The molecule has 0 radical (unpaired) electrons. The summed E-state index contributed by atoms with van der Waals surface area (Å²) in [5.41, 5.74) is 5.20. The Balaban J connectivity index is 1.53. The van der Waals surface area contributed by atoms with E-state index < -0.39 is 0 Å². The Morgan fingerprint density at radius 3 is 2.26 bits per heavy atom. The lowest BCUT2D eigenvalue weighted by atomic mass is 10.1. The minimum Gasteiger partial charge on any atom is -0.350 e. The van der Waals surface area contributed by atoms with Crippen LogP contribution in [0, 0.1) is 25.6 Å². The van der Waals surface area contributed by atoms with E-state index >= 15 is 0 Å². The number of hydrogen-bond donors (Lipinski definition) is 2. The molecule has 2 amide bonds. The molecule has 1 unspecified atom stereocenters. The Kier molecular flexibility index (Phi) is 8.21. The maximum absolute atomic E-state index is 13.0. The fourth-order valence-electron chi connectivity index (χ4n) is 3.91. The van der Waals surface area contributed by atoms with Gasteiger partial charge in [-0.3, -0.25) is 14.3 Å². The molecule has 7 heteroatoms. The van der Waals surface area contributed by atoms with Crippen molar-refractivity contribution in [1.29, 1.82) is 0 Å². The summed E-state index contributed by atoms with van der Waals surface area (Å²) >= 11 is 0. The minimum absolute atomic E-state index is 0.0170. The van der Waals surface area contributed by atoms with Gasteiger partial charge >= 0.3 is 0 Å². The monoisotopic (exact) mass is 464 g/mol. The molecule has 0 aliphatic carbocycles. The Morgan fingerprint density at radius 1 is 1.00 bits per heavy atom. The number of nitrogens with one attached hydrogen (secondary N) is 2. The van der Waals surface area contributed by atoms with Gasteiger partial charge in [-0.25, -0.2) is 4.39 Å². The molecule has 0 saturated heterocycles. The smallest absolute Gasteiger partial charge is 0.255 e. The molecule has 34 heavy (non-hydrogen) atoms. The van der Waals surface area contributed by atoms with Crippen LogP contribution in [-0.2, 0) is 17.8 Å². The second-order valence-corrected chi connectivity index (χ2v) is 9.10. The average molecular weight is 465 g/mol. The first kappa shape index (κ1) is 25.1. The summed E-state index contributed by atoms with van der Waals surface area (Å²) in [5, 5.41) is 10.5. The summed E-state index contributed by atoms with van der Waals surface area (Å²) in [5.74, 6) is -0.200. The highest BCUT2D eigenvalue weighted by Crippen LogP contribution is 2.19. The molecular formula is C27H33FN4O2. The van der Waals surface area contributed by atoms with E-state index in [1.165, 1.54) is 24.3 Å². The van der Waals surface area contributed by atoms with Gasteiger partial charge in [0.05, 0.1) is 11.7 Å². The largest absolute Gasteiger partial charge is 0.350 e. The second kappa shape index (κ2) is 11.1. The number of aryl methyl sites for hydroxylation is 1. The molecule has 180 valence electrons. The summed E-state index contributed by atoms with van der Waals surface area (Å²) in [4.78, 5) is 24.9. The van der Waals surface area contributed by atoms with E-state index in [0.29, 0.717) is 30.0 Å². The highest BCUT2D eigenvalue weighted by atomic mass is 19.1. The summed E-state index contributed by atoms with van der Waals surface area (Å²) in [6.07, 6.45) is 1.05. The summed E-state index contributed by atoms with van der Waals surface area (Å²) in [6.45, 7) is 11.2. The van der Waals surface area contributed by atoms with Crippen LogP contribution in [0.1, 0.15) is 66.1 Å². The van der Waals surface area contributed by atoms with E-state index in [0.717, 1.165) is 29.1 Å². The Hall–Kier alpha value is -3.48. The van der Waals surface area contributed by atoms with Gasteiger partial charge < -0.3 is 10.6 Å². The van der Waals surface area contributed by atoms with Crippen molar-refractivity contribution < 1.29 is 14.0 Å². The number of carbonyl (C=O) groups excluding carboxylic acids is 2. The standard InChI is InChI=1S/C27H33FN4O2/c1-17(2)16-32-20(5)25(19(4)31-32)14-15-26(33)29-18(3)21-8-12-24(13-9-21)30-27(34)22-6-10-23(28)11-7-22/h6-13,17-18H,14-16H2,1-5H3,(H,29,33)(H,30,34). The lowest BCUT2D eigenvalue weighted by molar-refractivity contribution is -0.121. The number of nitrogens with zero attached hydrogens (tertiary/aromatic N) is 2. The highest BCUT2D eigenvalue weighted by Gasteiger charge is 2.15. The maximum atomic E-state index is 13.0. The molecule has 2 aromatic carbocycles. The normalized spacial score (nSPS) is 12.0. The maximum Gasteiger partial charge on any atom is 0.255 e. The number of halogens is 1. The number of benzene rings is 2. The molecule has 0 spiro atoms. The zero-order valence-electron chi connectivity index (χ0n) is 20.5. The number of aromatic nitrogens is 2. The van der Waals surface area contributed by atoms with E-state index in [9.17, 15) is 14.0 Å². The van der Waals surface area contributed by atoms with Crippen LogP contribution in [0.25, 0.3) is 0 Å². The quantitative estimate of drug-likeness (QED) is 0.448. The van der Waals surface area contributed by atoms with Crippen molar-refractivity contribution >= 4 is 17.5 Å². The van der Waals surface area contributed by atoms with Crippen LogP contribution in [0.2, 0.25) is 0 Å². The van der Waals surface area contributed by atoms with Crippen molar-refractivity contribution in [2.24, 2.45) is 5.92 Å². The highest BCUT2D eigenvalue weighted by molar-refractivity contribution is 6.04. The van der Waals surface area contributed by atoms with Gasteiger partial charge in [-0.1, -0.05) is 26.0 Å². The summed E-state index contributed by atoms with van der Waals surface area (Å²) < 4.78 is 15.1. The number of amides is 2. The van der Waals surface area contributed by atoms with Crippen molar-refractivity contribution in [3.63, 3.8) is 0 Å². The fraction of sp³-hybridized carbons (Fsp3) is 0.370. The van der Waals surface area contributed by atoms with Gasteiger partial charge in [0, 0.05) is 29.9 Å². The molecule has 1 heterocycles. The van der Waals surface area contributed by atoms with Crippen molar-refractivity contribution in [3.05, 3.63) is 82.4 Å². The van der Waals surface area contributed by atoms with Crippen LogP contribution in [0.4, 0.5) is 10.1 Å². The van der Waals surface area contributed by atoms with E-state index in [4.69, 9.17) is 0 Å². The molecular weight excluding hydrogens is 431 g/mol. The van der Waals surface area contributed by atoms with E-state index in [-0.39, 0.29) is 23.7 Å². The molecule has 3 aromatic rings. The van der Waals surface area contributed by atoms with Crippen LogP contribution in [0.5, 0.6) is 0 Å². The SMILES string of the molecule is Cc1nn(CC(C)C)c(C)c1CCC(=O)NC(C)c1ccc(NC(=O)c2ccc(F)cc2)cc1. The Bertz CT molecular complexity index is 1130.